The third kappa shape index (κ3) is 4.03. The molecular weight excluding hydrogens is 470 g/mol. The lowest BCUT2D eigenvalue weighted by atomic mass is 10.1. The molecule has 0 bridgehead atoms. The van der Waals surface area contributed by atoms with Crippen molar-refractivity contribution in [2.24, 2.45) is 0 Å². The molecule has 0 fully saturated rings. The molecule has 4 heteroatoms. The zero-order valence-electron chi connectivity index (χ0n) is 18.7. The zero-order valence-corrected chi connectivity index (χ0v) is 20.3. The zero-order chi connectivity index (χ0) is 23.8. The number of Topliss-reactive ketones (excluding diaryl/α,β-unsaturated/α-hetero) is 1. The standard InChI is InChI=1S/C31H20ClNOS/c32-24-15-17-25(18-16-24)33-27(21-9-3-1-4-10-21)19-23(30(33)22-11-5-2-6-12-22)20-29-31(34)26-13-7-8-14-28(26)35-29/h1-20H/b29-20-. The van der Waals surface area contributed by atoms with Gasteiger partial charge in [0.15, 0.2) is 0 Å². The van der Waals surface area contributed by atoms with E-state index < -0.39 is 0 Å². The number of benzene rings is 4. The minimum Gasteiger partial charge on any atom is -0.309 e. The first-order chi connectivity index (χ1) is 17.2. The Kier molecular flexibility index (Phi) is 5.65. The Hall–Kier alpha value is -3.79. The number of rotatable bonds is 4. The highest BCUT2D eigenvalue weighted by Crippen LogP contribution is 2.43. The van der Waals surface area contributed by atoms with Crippen LogP contribution >= 0.6 is 23.4 Å². The number of thioether (sulfide) groups is 1. The number of nitrogens with zero attached hydrogens (tertiary/aromatic N) is 1. The minimum absolute atomic E-state index is 0.0742. The number of allylic oxidation sites excluding steroid dienone is 1. The van der Waals surface area contributed by atoms with E-state index in [9.17, 15) is 4.79 Å². The van der Waals surface area contributed by atoms with Gasteiger partial charge in [-0.2, -0.15) is 0 Å². The van der Waals surface area contributed by atoms with Gasteiger partial charge in [-0.25, -0.2) is 0 Å². The van der Waals surface area contributed by atoms with E-state index >= 15 is 0 Å². The highest BCUT2D eigenvalue weighted by molar-refractivity contribution is 8.04. The molecule has 0 unspecified atom stereocenters. The van der Waals surface area contributed by atoms with Gasteiger partial charge in [-0.3, -0.25) is 4.79 Å². The Bertz CT molecular complexity index is 1570. The summed E-state index contributed by atoms with van der Waals surface area (Å²) in [5.74, 6) is 0.0742. The lowest BCUT2D eigenvalue weighted by Crippen LogP contribution is -2.00. The van der Waals surface area contributed by atoms with Gasteiger partial charge < -0.3 is 4.57 Å². The van der Waals surface area contributed by atoms with E-state index in [1.165, 1.54) is 11.8 Å². The lowest BCUT2D eigenvalue weighted by Gasteiger charge is -2.15. The summed E-state index contributed by atoms with van der Waals surface area (Å²) in [6.45, 7) is 0. The van der Waals surface area contributed by atoms with Crippen molar-refractivity contribution in [3.05, 3.63) is 136 Å². The second kappa shape index (κ2) is 9.10. The molecule has 35 heavy (non-hydrogen) atoms. The summed E-state index contributed by atoms with van der Waals surface area (Å²) < 4.78 is 2.25. The van der Waals surface area contributed by atoms with Gasteiger partial charge in [-0.1, -0.05) is 96.2 Å². The summed E-state index contributed by atoms with van der Waals surface area (Å²) in [4.78, 5) is 14.9. The summed E-state index contributed by atoms with van der Waals surface area (Å²) in [6, 6.07) is 38.5. The predicted molar refractivity (Wildman–Crippen MR) is 146 cm³/mol. The molecule has 1 aliphatic rings. The number of hydrogen-bond donors (Lipinski definition) is 0. The minimum atomic E-state index is 0.0742. The smallest absolute Gasteiger partial charge is 0.200 e. The van der Waals surface area contributed by atoms with Gasteiger partial charge in [0, 0.05) is 26.7 Å². The third-order valence-electron chi connectivity index (χ3n) is 6.09. The second-order valence-electron chi connectivity index (χ2n) is 8.31. The first kappa shape index (κ1) is 21.7. The number of halogens is 1. The molecule has 0 N–H and O–H groups in total. The van der Waals surface area contributed by atoms with E-state index in [-0.39, 0.29) is 5.78 Å². The van der Waals surface area contributed by atoms with Crippen LogP contribution in [0.1, 0.15) is 15.9 Å². The molecule has 0 saturated heterocycles. The van der Waals surface area contributed by atoms with Crippen LogP contribution in [0.4, 0.5) is 0 Å². The van der Waals surface area contributed by atoms with Gasteiger partial charge in [-0.15, -0.1) is 0 Å². The van der Waals surface area contributed by atoms with Gasteiger partial charge in [0.25, 0.3) is 0 Å². The fourth-order valence-electron chi connectivity index (χ4n) is 4.49. The maximum atomic E-state index is 13.2. The normalized spacial score (nSPS) is 13.9. The summed E-state index contributed by atoms with van der Waals surface area (Å²) >= 11 is 7.77. The van der Waals surface area contributed by atoms with Crippen LogP contribution in [-0.2, 0) is 0 Å². The molecule has 0 spiro atoms. The summed E-state index contributed by atoms with van der Waals surface area (Å²) in [7, 11) is 0. The molecule has 0 amide bonds. The quantitative estimate of drug-likeness (QED) is 0.235. The highest BCUT2D eigenvalue weighted by atomic mass is 35.5. The van der Waals surface area contributed by atoms with Crippen molar-refractivity contribution in [3.8, 4) is 28.2 Å². The number of carbonyl (C=O) groups is 1. The second-order valence-corrected chi connectivity index (χ2v) is 9.83. The maximum Gasteiger partial charge on any atom is 0.200 e. The Labute approximate surface area is 213 Å². The summed E-state index contributed by atoms with van der Waals surface area (Å²) in [5, 5.41) is 0.691. The van der Waals surface area contributed by atoms with Crippen LogP contribution in [0.25, 0.3) is 34.3 Å². The van der Waals surface area contributed by atoms with Crippen LogP contribution in [0.2, 0.25) is 5.02 Å². The van der Waals surface area contributed by atoms with Crippen molar-refractivity contribution < 1.29 is 4.79 Å². The fourth-order valence-corrected chi connectivity index (χ4v) is 5.66. The number of aromatic nitrogens is 1. The van der Waals surface area contributed by atoms with Crippen molar-refractivity contribution in [1.29, 1.82) is 0 Å². The molecule has 1 aromatic heterocycles. The average molecular weight is 490 g/mol. The van der Waals surface area contributed by atoms with E-state index in [0.29, 0.717) is 5.02 Å². The molecule has 0 atom stereocenters. The van der Waals surface area contributed by atoms with Crippen LogP contribution < -0.4 is 0 Å². The van der Waals surface area contributed by atoms with E-state index in [2.05, 4.69) is 34.9 Å². The number of carbonyl (C=O) groups excluding carboxylic acids is 1. The molecule has 0 aliphatic carbocycles. The Balaban J connectivity index is 1.62. The van der Waals surface area contributed by atoms with Gasteiger partial charge in [-0.05, 0) is 59.7 Å². The van der Waals surface area contributed by atoms with Crippen molar-refractivity contribution in [2.75, 3.05) is 0 Å². The van der Waals surface area contributed by atoms with Crippen LogP contribution in [0.3, 0.4) is 0 Å². The average Bonchev–Trinajstić information content (AvgIpc) is 3.44. The molecule has 0 saturated carbocycles. The summed E-state index contributed by atoms with van der Waals surface area (Å²) in [6.07, 6.45) is 2.04. The molecule has 2 heterocycles. The van der Waals surface area contributed by atoms with E-state index in [4.69, 9.17) is 11.6 Å². The van der Waals surface area contributed by atoms with Crippen LogP contribution in [0.15, 0.2) is 125 Å². The molecule has 1 aliphatic heterocycles. The lowest BCUT2D eigenvalue weighted by molar-refractivity contribution is 0.104. The monoisotopic (exact) mass is 489 g/mol. The molecule has 0 radical (unpaired) electrons. The fraction of sp³-hybridized carbons (Fsp3) is 0. The Morgan fingerprint density at radius 2 is 1.34 bits per heavy atom. The van der Waals surface area contributed by atoms with Gasteiger partial charge >= 0.3 is 0 Å². The maximum absolute atomic E-state index is 13.2. The summed E-state index contributed by atoms with van der Waals surface area (Å²) in [5.41, 5.74) is 7.02. The highest BCUT2D eigenvalue weighted by Gasteiger charge is 2.27. The van der Waals surface area contributed by atoms with Crippen molar-refractivity contribution in [3.63, 3.8) is 0 Å². The van der Waals surface area contributed by atoms with E-state index in [1.807, 2.05) is 91.0 Å². The molecule has 4 aromatic carbocycles. The topological polar surface area (TPSA) is 22.0 Å². The van der Waals surface area contributed by atoms with Crippen molar-refractivity contribution in [1.82, 2.24) is 4.57 Å². The number of hydrogen-bond acceptors (Lipinski definition) is 2. The van der Waals surface area contributed by atoms with Crippen LogP contribution in [0, 0.1) is 0 Å². The number of ketones is 1. The third-order valence-corrected chi connectivity index (χ3v) is 7.44. The molecule has 168 valence electrons. The molecule has 6 rings (SSSR count). The van der Waals surface area contributed by atoms with Gasteiger partial charge in [0.2, 0.25) is 5.78 Å². The van der Waals surface area contributed by atoms with Crippen molar-refractivity contribution in [2.45, 2.75) is 4.90 Å². The molecule has 2 nitrogen and oxygen atoms in total. The Morgan fingerprint density at radius 3 is 2.03 bits per heavy atom. The number of fused-ring (bicyclic) bond motifs is 1. The SMILES string of the molecule is O=C1/C(=C/c2cc(-c3ccccc3)n(-c3ccc(Cl)cc3)c2-c2ccccc2)Sc2ccccc21. The first-order valence-electron chi connectivity index (χ1n) is 11.3. The van der Waals surface area contributed by atoms with Crippen molar-refractivity contribution >= 4 is 35.2 Å². The van der Waals surface area contributed by atoms with Gasteiger partial charge in [0.1, 0.15) is 0 Å². The first-order valence-corrected chi connectivity index (χ1v) is 12.5. The van der Waals surface area contributed by atoms with E-state index in [0.717, 1.165) is 49.1 Å². The van der Waals surface area contributed by atoms with Crippen LogP contribution in [-0.4, -0.2) is 10.4 Å². The Morgan fingerprint density at radius 1 is 0.714 bits per heavy atom. The predicted octanol–water partition coefficient (Wildman–Crippen LogP) is 8.79. The van der Waals surface area contributed by atoms with Gasteiger partial charge in [0.05, 0.1) is 16.3 Å². The molecular formula is C31H20ClNOS. The van der Waals surface area contributed by atoms with Crippen LogP contribution in [0.5, 0.6) is 0 Å². The van der Waals surface area contributed by atoms with E-state index in [1.54, 1.807) is 0 Å². The molecule has 5 aromatic rings. The largest absolute Gasteiger partial charge is 0.309 e.